The second kappa shape index (κ2) is 9.15. The third-order valence-corrected chi connectivity index (χ3v) is 4.47. The molecule has 0 aliphatic rings. The molecule has 2 aromatic carbocycles. The molecule has 0 spiro atoms. The van der Waals surface area contributed by atoms with Gasteiger partial charge < -0.3 is 15.4 Å². The zero-order valence-corrected chi connectivity index (χ0v) is 16.6. The number of nitrogens with zero attached hydrogens (tertiary/aromatic N) is 4. The molecule has 152 valence electrons. The first-order valence-electron chi connectivity index (χ1n) is 9.60. The number of fused-ring (bicyclic) bond motifs is 1. The van der Waals surface area contributed by atoms with Crippen LogP contribution in [-0.4, -0.2) is 45.9 Å². The zero-order chi connectivity index (χ0) is 20.8. The Morgan fingerprint density at radius 2 is 1.87 bits per heavy atom. The molecule has 0 radical (unpaired) electrons. The summed E-state index contributed by atoms with van der Waals surface area (Å²) in [5.41, 5.74) is 3.42. The molecule has 4 aromatic rings. The lowest BCUT2D eigenvalue weighted by molar-refractivity contribution is -0.122. The van der Waals surface area contributed by atoms with Gasteiger partial charge in [0.05, 0.1) is 29.7 Å². The van der Waals surface area contributed by atoms with E-state index in [1.165, 1.54) is 0 Å². The topological polar surface area (TPSA) is 94.0 Å². The SMILES string of the molecule is COCCNC(=O)Cn1cc(Nc2nc(-c3ccccc3)c3ccccc3n2)cn1. The molecule has 2 N–H and O–H groups in total. The van der Waals surface area contributed by atoms with E-state index in [4.69, 9.17) is 9.72 Å². The second-order valence-electron chi connectivity index (χ2n) is 6.67. The van der Waals surface area contributed by atoms with Gasteiger partial charge in [-0.3, -0.25) is 9.48 Å². The smallest absolute Gasteiger partial charge is 0.241 e. The summed E-state index contributed by atoms with van der Waals surface area (Å²) in [6, 6.07) is 17.9. The number of benzene rings is 2. The molecular weight excluding hydrogens is 380 g/mol. The van der Waals surface area contributed by atoms with Gasteiger partial charge in [-0.2, -0.15) is 5.10 Å². The van der Waals surface area contributed by atoms with Crippen LogP contribution < -0.4 is 10.6 Å². The van der Waals surface area contributed by atoms with Gasteiger partial charge in [0.25, 0.3) is 0 Å². The zero-order valence-electron chi connectivity index (χ0n) is 16.6. The van der Waals surface area contributed by atoms with Crippen molar-refractivity contribution in [3.8, 4) is 11.3 Å². The predicted octanol–water partition coefficient (Wildman–Crippen LogP) is 3.00. The summed E-state index contributed by atoms with van der Waals surface area (Å²) < 4.78 is 6.48. The summed E-state index contributed by atoms with van der Waals surface area (Å²) >= 11 is 0. The number of ether oxygens (including phenoxy) is 1. The number of anilines is 2. The van der Waals surface area contributed by atoms with E-state index < -0.39 is 0 Å². The van der Waals surface area contributed by atoms with Crippen LogP contribution in [0.15, 0.2) is 67.0 Å². The normalized spacial score (nSPS) is 10.8. The van der Waals surface area contributed by atoms with E-state index in [2.05, 4.69) is 20.7 Å². The number of amides is 1. The molecule has 2 heterocycles. The Kier molecular flexibility index (Phi) is 5.95. The van der Waals surface area contributed by atoms with Crippen LogP contribution in [0.1, 0.15) is 0 Å². The van der Waals surface area contributed by atoms with Crippen LogP contribution in [-0.2, 0) is 16.1 Å². The summed E-state index contributed by atoms with van der Waals surface area (Å²) in [4.78, 5) is 21.3. The summed E-state index contributed by atoms with van der Waals surface area (Å²) in [6.45, 7) is 1.06. The Morgan fingerprint density at radius 3 is 2.70 bits per heavy atom. The number of hydrogen-bond donors (Lipinski definition) is 2. The predicted molar refractivity (Wildman–Crippen MR) is 115 cm³/mol. The minimum Gasteiger partial charge on any atom is -0.383 e. The van der Waals surface area contributed by atoms with Crippen molar-refractivity contribution in [3.05, 3.63) is 67.0 Å². The van der Waals surface area contributed by atoms with Crippen LogP contribution in [0.2, 0.25) is 0 Å². The Labute approximate surface area is 173 Å². The highest BCUT2D eigenvalue weighted by Gasteiger charge is 2.11. The molecule has 2 aromatic heterocycles. The average Bonchev–Trinajstić information content (AvgIpc) is 3.20. The highest BCUT2D eigenvalue weighted by Crippen LogP contribution is 2.27. The number of nitrogens with one attached hydrogen (secondary N) is 2. The summed E-state index contributed by atoms with van der Waals surface area (Å²) in [5.74, 6) is 0.340. The van der Waals surface area contributed by atoms with Gasteiger partial charge in [-0.05, 0) is 6.07 Å². The highest BCUT2D eigenvalue weighted by molar-refractivity contribution is 5.93. The first-order chi connectivity index (χ1) is 14.7. The fourth-order valence-corrected chi connectivity index (χ4v) is 3.09. The van der Waals surface area contributed by atoms with Crippen LogP contribution in [0.3, 0.4) is 0 Å². The number of rotatable bonds is 8. The fourth-order valence-electron chi connectivity index (χ4n) is 3.09. The van der Waals surface area contributed by atoms with Gasteiger partial charge in [-0.15, -0.1) is 0 Å². The van der Waals surface area contributed by atoms with Gasteiger partial charge >= 0.3 is 0 Å². The van der Waals surface area contributed by atoms with Gasteiger partial charge in [-0.1, -0.05) is 48.5 Å². The Balaban J connectivity index is 1.55. The average molecular weight is 402 g/mol. The summed E-state index contributed by atoms with van der Waals surface area (Å²) in [5, 5.41) is 11.2. The van der Waals surface area contributed by atoms with Crippen molar-refractivity contribution >= 4 is 28.4 Å². The monoisotopic (exact) mass is 402 g/mol. The molecule has 4 rings (SSSR count). The van der Waals surface area contributed by atoms with E-state index in [0.29, 0.717) is 24.8 Å². The number of aromatic nitrogens is 4. The number of carbonyl (C=O) groups excluding carboxylic acids is 1. The molecule has 8 nitrogen and oxygen atoms in total. The molecule has 0 saturated carbocycles. The molecule has 0 saturated heterocycles. The lowest BCUT2D eigenvalue weighted by Gasteiger charge is -2.09. The van der Waals surface area contributed by atoms with Crippen molar-refractivity contribution < 1.29 is 9.53 Å². The van der Waals surface area contributed by atoms with Crippen molar-refractivity contribution in [2.75, 3.05) is 25.6 Å². The van der Waals surface area contributed by atoms with Crippen molar-refractivity contribution in [3.63, 3.8) is 0 Å². The third-order valence-electron chi connectivity index (χ3n) is 4.47. The first-order valence-corrected chi connectivity index (χ1v) is 9.60. The van der Waals surface area contributed by atoms with Crippen molar-refractivity contribution in [1.29, 1.82) is 0 Å². The number of para-hydroxylation sites is 1. The van der Waals surface area contributed by atoms with E-state index in [-0.39, 0.29) is 12.5 Å². The molecular formula is C22H22N6O2. The third kappa shape index (κ3) is 4.61. The molecule has 0 fully saturated rings. The van der Waals surface area contributed by atoms with E-state index >= 15 is 0 Å². The lowest BCUT2D eigenvalue weighted by Crippen LogP contribution is -2.30. The Morgan fingerprint density at radius 1 is 1.07 bits per heavy atom. The van der Waals surface area contributed by atoms with Crippen molar-refractivity contribution in [2.45, 2.75) is 6.54 Å². The number of carbonyl (C=O) groups is 1. The van der Waals surface area contributed by atoms with Crippen LogP contribution in [0, 0.1) is 0 Å². The maximum absolute atomic E-state index is 11.9. The standard InChI is InChI=1S/C22H22N6O2/c1-30-12-11-23-20(29)15-28-14-17(13-24-28)25-22-26-19-10-6-5-9-18(19)21(27-22)16-7-3-2-4-8-16/h2-10,13-14H,11-12,15H2,1H3,(H,23,29)(H,25,26,27). The number of methoxy groups -OCH3 is 1. The molecule has 30 heavy (non-hydrogen) atoms. The van der Waals surface area contributed by atoms with Crippen LogP contribution in [0.25, 0.3) is 22.2 Å². The summed E-state index contributed by atoms with van der Waals surface area (Å²) in [7, 11) is 1.59. The van der Waals surface area contributed by atoms with E-state index in [0.717, 1.165) is 22.2 Å². The fraction of sp³-hybridized carbons (Fsp3) is 0.182. The molecule has 0 unspecified atom stereocenters. The van der Waals surface area contributed by atoms with Gasteiger partial charge in [0, 0.05) is 30.8 Å². The molecule has 8 heteroatoms. The van der Waals surface area contributed by atoms with E-state index in [1.54, 1.807) is 24.2 Å². The molecule has 0 aliphatic heterocycles. The minimum atomic E-state index is -0.130. The Hall–Kier alpha value is -3.78. The Bertz CT molecular complexity index is 1140. The van der Waals surface area contributed by atoms with Gasteiger partial charge in [0.15, 0.2) is 0 Å². The molecule has 0 atom stereocenters. The van der Waals surface area contributed by atoms with Crippen molar-refractivity contribution in [2.24, 2.45) is 0 Å². The van der Waals surface area contributed by atoms with Crippen LogP contribution >= 0.6 is 0 Å². The van der Waals surface area contributed by atoms with E-state index in [1.807, 2.05) is 54.6 Å². The largest absolute Gasteiger partial charge is 0.383 e. The maximum Gasteiger partial charge on any atom is 0.241 e. The highest BCUT2D eigenvalue weighted by atomic mass is 16.5. The minimum absolute atomic E-state index is 0.124. The maximum atomic E-state index is 11.9. The second-order valence-corrected chi connectivity index (χ2v) is 6.67. The first kappa shape index (κ1) is 19.5. The van der Waals surface area contributed by atoms with Crippen LogP contribution in [0.5, 0.6) is 0 Å². The quantitative estimate of drug-likeness (QED) is 0.440. The molecule has 1 amide bonds. The van der Waals surface area contributed by atoms with Gasteiger partial charge in [-0.25, -0.2) is 9.97 Å². The molecule has 0 aliphatic carbocycles. The van der Waals surface area contributed by atoms with Crippen LogP contribution in [0.4, 0.5) is 11.6 Å². The molecule has 0 bridgehead atoms. The summed E-state index contributed by atoms with van der Waals surface area (Å²) in [6.07, 6.45) is 3.39. The van der Waals surface area contributed by atoms with Gasteiger partial charge in [0.2, 0.25) is 11.9 Å². The van der Waals surface area contributed by atoms with E-state index in [9.17, 15) is 4.79 Å². The van der Waals surface area contributed by atoms with Gasteiger partial charge in [0.1, 0.15) is 6.54 Å². The lowest BCUT2D eigenvalue weighted by atomic mass is 10.1. The number of hydrogen-bond acceptors (Lipinski definition) is 6. The van der Waals surface area contributed by atoms with Crippen molar-refractivity contribution in [1.82, 2.24) is 25.1 Å².